The average molecular weight is 265 g/mol. The van der Waals surface area contributed by atoms with Gasteiger partial charge in [-0.05, 0) is 25.2 Å². The van der Waals surface area contributed by atoms with Gasteiger partial charge in [0.1, 0.15) is 5.54 Å². The molecule has 2 N–H and O–H groups in total. The Morgan fingerprint density at radius 2 is 1.95 bits per heavy atom. The van der Waals surface area contributed by atoms with E-state index in [0.717, 1.165) is 30.7 Å². The molecule has 2 aliphatic carbocycles. The third-order valence-corrected chi connectivity index (χ3v) is 4.54. The van der Waals surface area contributed by atoms with E-state index in [0.29, 0.717) is 18.8 Å². The van der Waals surface area contributed by atoms with E-state index < -0.39 is 11.6 Å². The molecule has 1 aliphatic heterocycles. The van der Waals surface area contributed by atoms with Crippen molar-refractivity contribution in [2.45, 2.75) is 51.0 Å². The van der Waals surface area contributed by atoms with Crippen molar-refractivity contribution < 1.29 is 14.4 Å². The van der Waals surface area contributed by atoms with Gasteiger partial charge in [0.05, 0.1) is 0 Å². The molecule has 104 valence electrons. The van der Waals surface area contributed by atoms with Gasteiger partial charge in [0.25, 0.3) is 5.91 Å². The molecule has 0 aromatic carbocycles. The summed E-state index contributed by atoms with van der Waals surface area (Å²) in [5, 5.41) is 3.66. The molecule has 6 heteroatoms. The minimum Gasteiger partial charge on any atom is -0.322 e. The Kier molecular flexibility index (Phi) is 2.76. The van der Waals surface area contributed by atoms with Gasteiger partial charge in [-0.3, -0.25) is 15.0 Å². The molecule has 3 fully saturated rings. The van der Waals surface area contributed by atoms with Crippen LogP contribution in [0.1, 0.15) is 45.4 Å². The van der Waals surface area contributed by atoms with E-state index in [2.05, 4.69) is 10.7 Å². The number of rotatable bonds is 2. The summed E-state index contributed by atoms with van der Waals surface area (Å²) in [6.45, 7) is 1.98. The van der Waals surface area contributed by atoms with Gasteiger partial charge >= 0.3 is 6.03 Å². The quantitative estimate of drug-likeness (QED) is 0.729. The zero-order valence-electron chi connectivity index (χ0n) is 11.1. The van der Waals surface area contributed by atoms with Gasteiger partial charge in [-0.15, -0.1) is 0 Å². The molecule has 1 spiro atoms. The number of urea groups is 1. The molecule has 2 atom stereocenters. The van der Waals surface area contributed by atoms with Crippen LogP contribution < -0.4 is 10.7 Å². The number of carbonyl (C=O) groups is 3. The third kappa shape index (κ3) is 1.99. The molecular formula is C13H19N3O3. The van der Waals surface area contributed by atoms with Crippen molar-refractivity contribution in [2.75, 3.05) is 0 Å². The van der Waals surface area contributed by atoms with E-state index in [1.165, 1.54) is 0 Å². The summed E-state index contributed by atoms with van der Waals surface area (Å²) < 4.78 is 0. The van der Waals surface area contributed by atoms with Crippen LogP contribution in [0.2, 0.25) is 0 Å². The molecule has 0 aromatic heterocycles. The standard InChI is InChI=1S/C13H19N3O3/c1-8-7-9(8)10(17)15-16-11(18)13(14-12(16)19)5-3-2-4-6-13/h8-9H,2-7H2,1H3,(H,14,19)(H,15,17)/t8-,9+/m1/s1. The van der Waals surface area contributed by atoms with Crippen molar-refractivity contribution in [2.24, 2.45) is 11.8 Å². The maximum Gasteiger partial charge on any atom is 0.344 e. The van der Waals surface area contributed by atoms with Gasteiger partial charge in [-0.2, -0.15) is 5.01 Å². The first-order valence-electron chi connectivity index (χ1n) is 7.01. The third-order valence-electron chi connectivity index (χ3n) is 4.54. The topological polar surface area (TPSA) is 78.5 Å². The Labute approximate surface area is 111 Å². The van der Waals surface area contributed by atoms with Gasteiger partial charge in [0.2, 0.25) is 5.91 Å². The smallest absolute Gasteiger partial charge is 0.322 e. The van der Waals surface area contributed by atoms with Crippen LogP contribution in [0.3, 0.4) is 0 Å². The summed E-state index contributed by atoms with van der Waals surface area (Å²) in [4.78, 5) is 36.1. The predicted molar refractivity (Wildman–Crippen MR) is 66.6 cm³/mol. The van der Waals surface area contributed by atoms with Crippen molar-refractivity contribution in [3.05, 3.63) is 0 Å². The highest BCUT2D eigenvalue weighted by atomic mass is 16.2. The molecule has 0 aromatic rings. The van der Waals surface area contributed by atoms with E-state index in [9.17, 15) is 14.4 Å². The molecule has 3 rings (SSSR count). The van der Waals surface area contributed by atoms with Crippen LogP contribution in [0.5, 0.6) is 0 Å². The molecule has 1 heterocycles. The summed E-state index contributed by atoms with van der Waals surface area (Å²) in [6, 6.07) is -0.492. The lowest BCUT2D eigenvalue weighted by molar-refractivity contribution is -0.140. The highest BCUT2D eigenvalue weighted by Crippen LogP contribution is 2.38. The maximum atomic E-state index is 12.4. The first kappa shape index (κ1) is 12.4. The maximum absolute atomic E-state index is 12.4. The molecule has 3 aliphatic rings. The zero-order valence-corrected chi connectivity index (χ0v) is 11.1. The summed E-state index contributed by atoms with van der Waals surface area (Å²) in [5.41, 5.74) is 1.71. The van der Waals surface area contributed by atoms with Crippen molar-refractivity contribution in [1.29, 1.82) is 0 Å². The largest absolute Gasteiger partial charge is 0.344 e. The van der Waals surface area contributed by atoms with E-state index in [1.54, 1.807) is 0 Å². The summed E-state index contributed by atoms with van der Waals surface area (Å²) in [7, 11) is 0. The summed E-state index contributed by atoms with van der Waals surface area (Å²) in [6.07, 6.45) is 5.14. The number of hydrogen-bond donors (Lipinski definition) is 2. The lowest BCUT2D eigenvalue weighted by Gasteiger charge is -2.30. The fourth-order valence-electron chi connectivity index (χ4n) is 3.10. The second-order valence-corrected chi connectivity index (χ2v) is 6.01. The SMILES string of the molecule is C[C@@H]1C[C@@H]1C(=O)NN1C(=O)NC2(CCCCC2)C1=O. The Bertz CT molecular complexity index is 442. The van der Waals surface area contributed by atoms with Crippen LogP contribution in [0.4, 0.5) is 4.79 Å². The predicted octanol–water partition coefficient (Wildman–Crippen LogP) is 0.928. The Morgan fingerprint density at radius 3 is 2.53 bits per heavy atom. The monoisotopic (exact) mass is 265 g/mol. The second kappa shape index (κ2) is 4.21. The van der Waals surface area contributed by atoms with Crippen LogP contribution in [-0.2, 0) is 9.59 Å². The van der Waals surface area contributed by atoms with E-state index >= 15 is 0 Å². The highest BCUT2D eigenvalue weighted by Gasteiger charge is 2.53. The number of nitrogens with zero attached hydrogens (tertiary/aromatic N) is 1. The Balaban J connectivity index is 1.70. The lowest BCUT2D eigenvalue weighted by Crippen LogP contribution is -2.51. The van der Waals surface area contributed by atoms with Gasteiger partial charge in [0, 0.05) is 5.92 Å². The van der Waals surface area contributed by atoms with Crippen LogP contribution in [0.15, 0.2) is 0 Å². The van der Waals surface area contributed by atoms with Crippen LogP contribution in [0.25, 0.3) is 0 Å². The minimum atomic E-state index is -0.766. The molecule has 19 heavy (non-hydrogen) atoms. The molecule has 2 saturated carbocycles. The average Bonchev–Trinajstić information content (AvgIpc) is 3.08. The molecule has 0 bridgehead atoms. The molecule has 4 amide bonds. The highest BCUT2D eigenvalue weighted by molar-refractivity contribution is 6.08. The number of nitrogens with one attached hydrogen (secondary N) is 2. The van der Waals surface area contributed by atoms with E-state index in [-0.39, 0.29) is 17.7 Å². The Hall–Kier alpha value is -1.59. The van der Waals surface area contributed by atoms with Gasteiger partial charge in [-0.1, -0.05) is 26.2 Å². The van der Waals surface area contributed by atoms with Crippen molar-refractivity contribution in [1.82, 2.24) is 15.8 Å². The van der Waals surface area contributed by atoms with Gasteiger partial charge in [-0.25, -0.2) is 4.79 Å². The molecule has 1 saturated heterocycles. The fourth-order valence-corrected chi connectivity index (χ4v) is 3.10. The number of hydrazine groups is 1. The van der Waals surface area contributed by atoms with Crippen molar-refractivity contribution in [3.8, 4) is 0 Å². The zero-order chi connectivity index (χ0) is 13.6. The van der Waals surface area contributed by atoms with Crippen molar-refractivity contribution >= 4 is 17.8 Å². The lowest BCUT2D eigenvalue weighted by atomic mass is 9.82. The number of hydrogen-bond acceptors (Lipinski definition) is 3. The van der Waals surface area contributed by atoms with Gasteiger partial charge in [0.15, 0.2) is 0 Å². The number of imide groups is 1. The number of carbonyl (C=O) groups excluding carboxylic acids is 3. The fraction of sp³-hybridized carbons (Fsp3) is 0.769. The summed E-state index contributed by atoms with van der Waals surface area (Å²) in [5.74, 6) is -0.212. The molecular weight excluding hydrogens is 246 g/mol. The first-order valence-corrected chi connectivity index (χ1v) is 7.01. The molecule has 6 nitrogen and oxygen atoms in total. The molecule has 0 unspecified atom stereocenters. The van der Waals surface area contributed by atoms with Crippen LogP contribution in [0, 0.1) is 11.8 Å². The van der Waals surface area contributed by atoms with E-state index in [4.69, 9.17) is 0 Å². The van der Waals surface area contributed by atoms with Gasteiger partial charge < -0.3 is 5.32 Å². The number of amides is 4. The van der Waals surface area contributed by atoms with Crippen LogP contribution in [-0.4, -0.2) is 28.4 Å². The second-order valence-electron chi connectivity index (χ2n) is 6.01. The first-order chi connectivity index (χ1) is 9.03. The van der Waals surface area contributed by atoms with Crippen molar-refractivity contribution in [3.63, 3.8) is 0 Å². The van der Waals surface area contributed by atoms with Crippen LogP contribution >= 0.6 is 0 Å². The normalized spacial score (nSPS) is 32.4. The Morgan fingerprint density at radius 1 is 1.32 bits per heavy atom. The summed E-state index contributed by atoms with van der Waals surface area (Å²) >= 11 is 0. The van der Waals surface area contributed by atoms with E-state index in [1.807, 2.05) is 6.92 Å². The molecule has 0 radical (unpaired) electrons. The minimum absolute atomic E-state index is 0.0523.